The van der Waals surface area contributed by atoms with E-state index in [1.807, 2.05) is 0 Å². The third-order valence-electron chi connectivity index (χ3n) is 2.95. The average Bonchev–Trinajstić information content (AvgIpc) is 2.70. The molecule has 13 heavy (non-hydrogen) atoms. The number of thiazole rings is 1. The van der Waals surface area contributed by atoms with Gasteiger partial charge in [-0.15, -0.1) is 11.3 Å². The first kappa shape index (κ1) is 9.62. The lowest BCUT2D eigenvalue weighted by molar-refractivity contribution is 0.385. The minimum Gasteiger partial charge on any atom is -0.325 e. The van der Waals surface area contributed by atoms with Gasteiger partial charge in [0.1, 0.15) is 0 Å². The molecule has 0 bridgehead atoms. The van der Waals surface area contributed by atoms with Gasteiger partial charge >= 0.3 is 0 Å². The molecule has 2 N–H and O–H groups in total. The van der Waals surface area contributed by atoms with Crippen LogP contribution < -0.4 is 5.73 Å². The summed E-state index contributed by atoms with van der Waals surface area (Å²) in [7, 11) is 0. The standard InChI is InChI=1S/C9H13BrN2S/c1-8(2,11)9(3-4-9)6-5-13-7(10)12-6/h5H,3-4,11H2,1-2H3. The fourth-order valence-electron chi connectivity index (χ4n) is 1.83. The maximum absolute atomic E-state index is 6.17. The van der Waals surface area contributed by atoms with Crippen LogP contribution in [0.2, 0.25) is 0 Å². The van der Waals surface area contributed by atoms with Crippen molar-refractivity contribution in [2.75, 3.05) is 0 Å². The van der Waals surface area contributed by atoms with Gasteiger partial charge in [-0.25, -0.2) is 4.98 Å². The molecule has 1 heterocycles. The van der Waals surface area contributed by atoms with Crippen LogP contribution in [-0.2, 0) is 5.41 Å². The van der Waals surface area contributed by atoms with Crippen LogP contribution in [0.25, 0.3) is 0 Å². The number of halogens is 1. The van der Waals surface area contributed by atoms with Crippen LogP contribution in [0.5, 0.6) is 0 Å². The Kier molecular flexibility index (Phi) is 2.06. The topological polar surface area (TPSA) is 38.9 Å². The van der Waals surface area contributed by atoms with E-state index in [4.69, 9.17) is 5.73 Å². The molecule has 0 unspecified atom stereocenters. The Hall–Kier alpha value is 0.0700. The molecule has 2 rings (SSSR count). The van der Waals surface area contributed by atoms with Crippen LogP contribution in [0, 0.1) is 0 Å². The minimum atomic E-state index is -0.152. The SMILES string of the molecule is CC(C)(N)C1(c2csc(Br)n2)CC1. The molecule has 72 valence electrons. The molecule has 0 radical (unpaired) electrons. The highest BCUT2D eigenvalue weighted by molar-refractivity contribution is 9.11. The molecule has 0 amide bonds. The summed E-state index contributed by atoms with van der Waals surface area (Å²) >= 11 is 5.02. The first-order chi connectivity index (χ1) is 5.96. The van der Waals surface area contributed by atoms with E-state index in [2.05, 4.69) is 40.1 Å². The minimum absolute atomic E-state index is 0.148. The van der Waals surface area contributed by atoms with Crippen LogP contribution in [0.3, 0.4) is 0 Å². The second-order valence-electron chi connectivity index (χ2n) is 4.29. The van der Waals surface area contributed by atoms with Crippen molar-refractivity contribution < 1.29 is 0 Å². The molecule has 0 atom stereocenters. The fourth-order valence-corrected chi connectivity index (χ4v) is 2.94. The lowest BCUT2D eigenvalue weighted by Crippen LogP contribution is -2.45. The Morgan fingerprint density at radius 2 is 2.23 bits per heavy atom. The van der Waals surface area contributed by atoms with Crippen molar-refractivity contribution in [1.29, 1.82) is 0 Å². The number of rotatable bonds is 2. The molecule has 0 aliphatic heterocycles. The summed E-state index contributed by atoms with van der Waals surface area (Å²) in [4.78, 5) is 4.47. The molecule has 1 aromatic rings. The summed E-state index contributed by atoms with van der Waals surface area (Å²) < 4.78 is 0.957. The van der Waals surface area contributed by atoms with Crippen molar-refractivity contribution in [1.82, 2.24) is 4.98 Å². The smallest absolute Gasteiger partial charge is 0.159 e. The van der Waals surface area contributed by atoms with E-state index in [1.165, 1.54) is 12.8 Å². The molecule has 1 aromatic heterocycles. The van der Waals surface area contributed by atoms with E-state index in [0.29, 0.717) is 0 Å². The lowest BCUT2D eigenvalue weighted by atomic mass is 9.83. The van der Waals surface area contributed by atoms with E-state index in [0.717, 1.165) is 9.61 Å². The van der Waals surface area contributed by atoms with Gasteiger partial charge < -0.3 is 5.73 Å². The zero-order chi connectivity index (χ0) is 9.69. The van der Waals surface area contributed by atoms with Crippen LogP contribution in [0.1, 0.15) is 32.4 Å². The number of hydrogen-bond acceptors (Lipinski definition) is 3. The third-order valence-corrected chi connectivity index (χ3v) is 4.31. The van der Waals surface area contributed by atoms with Crippen molar-refractivity contribution in [3.05, 3.63) is 15.0 Å². The van der Waals surface area contributed by atoms with Gasteiger partial charge in [-0.1, -0.05) is 0 Å². The highest BCUT2D eigenvalue weighted by Gasteiger charge is 2.55. The number of hydrogen-bond donors (Lipinski definition) is 1. The summed E-state index contributed by atoms with van der Waals surface area (Å²) in [6.07, 6.45) is 2.35. The zero-order valence-electron chi connectivity index (χ0n) is 7.80. The fraction of sp³-hybridized carbons (Fsp3) is 0.667. The van der Waals surface area contributed by atoms with Gasteiger partial charge in [-0.2, -0.15) is 0 Å². The van der Waals surface area contributed by atoms with E-state index in [1.54, 1.807) is 11.3 Å². The monoisotopic (exact) mass is 260 g/mol. The van der Waals surface area contributed by atoms with E-state index < -0.39 is 0 Å². The maximum Gasteiger partial charge on any atom is 0.159 e. The molecule has 0 aromatic carbocycles. The molecule has 0 spiro atoms. The Labute approximate surface area is 90.7 Å². The first-order valence-electron chi connectivity index (χ1n) is 4.36. The number of nitrogens with two attached hydrogens (primary N) is 1. The Morgan fingerprint density at radius 3 is 2.54 bits per heavy atom. The van der Waals surface area contributed by atoms with Crippen molar-refractivity contribution in [2.24, 2.45) is 5.73 Å². The van der Waals surface area contributed by atoms with Crippen molar-refractivity contribution in [2.45, 2.75) is 37.6 Å². The molecule has 2 nitrogen and oxygen atoms in total. The Morgan fingerprint density at radius 1 is 1.62 bits per heavy atom. The molecule has 1 aliphatic rings. The average molecular weight is 261 g/mol. The molecular formula is C9H13BrN2S. The summed E-state index contributed by atoms with van der Waals surface area (Å²) in [5.74, 6) is 0. The quantitative estimate of drug-likeness (QED) is 0.888. The van der Waals surface area contributed by atoms with Gasteiger partial charge in [0.05, 0.1) is 5.69 Å². The second kappa shape index (κ2) is 2.78. The highest BCUT2D eigenvalue weighted by atomic mass is 79.9. The van der Waals surface area contributed by atoms with Crippen LogP contribution >= 0.6 is 27.3 Å². The normalized spacial score (nSPS) is 20.3. The maximum atomic E-state index is 6.17. The molecule has 0 saturated heterocycles. The van der Waals surface area contributed by atoms with Crippen molar-refractivity contribution in [3.8, 4) is 0 Å². The molecule has 1 aliphatic carbocycles. The van der Waals surface area contributed by atoms with Crippen molar-refractivity contribution in [3.63, 3.8) is 0 Å². The zero-order valence-corrected chi connectivity index (χ0v) is 10.2. The lowest BCUT2D eigenvalue weighted by Gasteiger charge is -2.29. The predicted octanol–water partition coefficient (Wildman–Crippen LogP) is 2.67. The predicted molar refractivity (Wildman–Crippen MR) is 59.0 cm³/mol. The Bertz CT molecular complexity index is 323. The van der Waals surface area contributed by atoms with Gasteiger partial charge in [-0.3, -0.25) is 0 Å². The summed E-state index contributed by atoms with van der Waals surface area (Å²) in [5.41, 5.74) is 7.33. The van der Waals surface area contributed by atoms with E-state index >= 15 is 0 Å². The number of nitrogens with zero attached hydrogens (tertiary/aromatic N) is 1. The third kappa shape index (κ3) is 1.45. The van der Waals surface area contributed by atoms with Gasteiger partial charge in [0.15, 0.2) is 3.92 Å². The van der Waals surface area contributed by atoms with E-state index in [-0.39, 0.29) is 11.0 Å². The summed E-state index contributed by atoms with van der Waals surface area (Å²) in [6, 6.07) is 0. The van der Waals surface area contributed by atoms with Gasteiger partial charge in [0, 0.05) is 16.3 Å². The Balaban J connectivity index is 2.36. The van der Waals surface area contributed by atoms with Gasteiger partial charge in [0.2, 0.25) is 0 Å². The summed E-state index contributed by atoms with van der Waals surface area (Å²) in [6.45, 7) is 4.18. The van der Waals surface area contributed by atoms with Crippen LogP contribution in [-0.4, -0.2) is 10.5 Å². The largest absolute Gasteiger partial charge is 0.325 e. The van der Waals surface area contributed by atoms with Crippen LogP contribution in [0.15, 0.2) is 9.30 Å². The molecular weight excluding hydrogens is 248 g/mol. The first-order valence-corrected chi connectivity index (χ1v) is 6.03. The van der Waals surface area contributed by atoms with E-state index in [9.17, 15) is 0 Å². The molecule has 1 fully saturated rings. The van der Waals surface area contributed by atoms with Gasteiger partial charge in [0.25, 0.3) is 0 Å². The summed E-state index contributed by atoms with van der Waals surface area (Å²) in [5, 5.41) is 2.12. The molecule has 4 heteroatoms. The highest BCUT2D eigenvalue weighted by Crippen LogP contribution is 2.54. The second-order valence-corrected chi connectivity index (χ2v) is 6.42. The van der Waals surface area contributed by atoms with Gasteiger partial charge in [-0.05, 0) is 42.6 Å². The number of aromatic nitrogens is 1. The van der Waals surface area contributed by atoms with Crippen LogP contribution in [0.4, 0.5) is 0 Å². The van der Waals surface area contributed by atoms with Crippen molar-refractivity contribution >= 4 is 27.3 Å². The molecule has 1 saturated carbocycles.